The van der Waals surface area contributed by atoms with Gasteiger partial charge in [-0.2, -0.15) is 0 Å². The minimum atomic E-state index is -2.94. The minimum Gasteiger partial charge on any atom is -0.356 e. The zero-order chi connectivity index (χ0) is 17.6. The Morgan fingerprint density at radius 2 is 2.21 bits per heavy atom. The van der Waals surface area contributed by atoms with E-state index in [4.69, 9.17) is 0 Å². The Morgan fingerprint density at radius 3 is 2.79 bits per heavy atom. The number of guanidine groups is 1. The molecule has 2 rings (SSSR count). The number of amides is 1. The van der Waals surface area contributed by atoms with Crippen LogP contribution >= 0.6 is 0 Å². The predicted molar refractivity (Wildman–Crippen MR) is 93.8 cm³/mol. The molecule has 9 heteroatoms. The molecule has 0 spiro atoms. The predicted octanol–water partition coefficient (Wildman–Crippen LogP) is 0.0707. The van der Waals surface area contributed by atoms with Crippen LogP contribution in [0.25, 0.3) is 0 Å². The monoisotopic (exact) mass is 353 g/mol. The zero-order valence-electron chi connectivity index (χ0n) is 13.9. The summed E-state index contributed by atoms with van der Waals surface area (Å²) in [5, 5.41) is 8.79. The number of rotatable bonds is 5. The Morgan fingerprint density at radius 1 is 1.42 bits per heavy atom. The number of anilines is 1. The fourth-order valence-corrected chi connectivity index (χ4v) is 4.01. The quantitative estimate of drug-likeness (QED) is 0.510. The van der Waals surface area contributed by atoms with Crippen molar-refractivity contribution in [3.8, 4) is 0 Å². The summed E-state index contributed by atoms with van der Waals surface area (Å²) in [5.41, 5.74) is 1.03. The van der Waals surface area contributed by atoms with E-state index in [1.165, 1.54) is 0 Å². The Hall–Kier alpha value is -2.16. The van der Waals surface area contributed by atoms with Crippen LogP contribution in [-0.4, -0.2) is 56.4 Å². The number of carbonyl (C=O) groups excluding carboxylic acids is 1. The van der Waals surface area contributed by atoms with E-state index < -0.39 is 9.84 Å². The van der Waals surface area contributed by atoms with Gasteiger partial charge in [-0.25, -0.2) is 13.4 Å². The molecule has 1 unspecified atom stereocenters. The topological polar surface area (TPSA) is 113 Å². The number of carbonyl (C=O) groups is 1. The fraction of sp³-hybridized carbons (Fsp3) is 0.533. The highest BCUT2D eigenvalue weighted by Gasteiger charge is 2.28. The number of hydrogen-bond acceptors (Lipinski definition) is 5. The molecule has 8 nitrogen and oxygen atoms in total. The first-order valence-corrected chi connectivity index (χ1v) is 9.60. The summed E-state index contributed by atoms with van der Waals surface area (Å²) in [6.07, 6.45) is 2.51. The molecular weight excluding hydrogens is 330 g/mol. The smallest absolute Gasteiger partial charge is 0.227 e. The first-order chi connectivity index (χ1) is 11.4. The molecule has 1 atom stereocenters. The van der Waals surface area contributed by atoms with Crippen LogP contribution in [-0.2, 0) is 14.6 Å². The van der Waals surface area contributed by atoms with Gasteiger partial charge >= 0.3 is 0 Å². The summed E-state index contributed by atoms with van der Waals surface area (Å²) in [6, 6.07) is 3.50. The van der Waals surface area contributed by atoms with Gasteiger partial charge in [0.05, 0.1) is 11.5 Å². The van der Waals surface area contributed by atoms with Crippen molar-refractivity contribution >= 4 is 27.5 Å². The summed E-state index contributed by atoms with van der Waals surface area (Å²) >= 11 is 0. The van der Waals surface area contributed by atoms with Crippen LogP contribution in [0.4, 0.5) is 5.82 Å². The summed E-state index contributed by atoms with van der Waals surface area (Å²) < 4.78 is 22.9. The van der Waals surface area contributed by atoms with Crippen molar-refractivity contribution < 1.29 is 13.2 Å². The molecule has 2 heterocycles. The van der Waals surface area contributed by atoms with Gasteiger partial charge in [-0.1, -0.05) is 6.07 Å². The van der Waals surface area contributed by atoms with Gasteiger partial charge in [0, 0.05) is 32.3 Å². The zero-order valence-corrected chi connectivity index (χ0v) is 14.7. The van der Waals surface area contributed by atoms with E-state index in [0.717, 1.165) is 5.56 Å². The lowest BCUT2D eigenvalue weighted by molar-refractivity contribution is -0.116. The van der Waals surface area contributed by atoms with Crippen molar-refractivity contribution in [2.24, 2.45) is 4.99 Å². The minimum absolute atomic E-state index is 0.118. The van der Waals surface area contributed by atoms with Crippen molar-refractivity contribution in [3.05, 3.63) is 23.9 Å². The summed E-state index contributed by atoms with van der Waals surface area (Å²) in [4.78, 5) is 20.0. The van der Waals surface area contributed by atoms with E-state index >= 15 is 0 Å². The highest BCUT2D eigenvalue weighted by atomic mass is 32.2. The maximum atomic E-state index is 11.9. The molecule has 1 aliphatic rings. The lowest BCUT2D eigenvalue weighted by Gasteiger charge is -2.15. The molecule has 132 valence electrons. The Labute approximate surface area is 142 Å². The SMILES string of the molecule is CN=C(NCCC(=O)Nc1ccc(C)cn1)NC1CCS(=O)(=O)C1. The number of aromatic nitrogens is 1. The van der Waals surface area contributed by atoms with Gasteiger partial charge in [-0.05, 0) is 25.0 Å². The van der Waals surface area contributed by atoms with Crippen LogP contribution in [0.3, 0.4) is 0 Å². The molecule has 24 heavy (non-hydrogen) atoms. The largest absolute Gasteiger partial charge is 0.356 e. The van der Waals surface area contributed by atoms with Gasteiger partial charge in [0.2, 0.25) is 5.91 Å². The van der Waals surface area contributed by atoms with Gasteiger partial charge in [-0.15, -0.1) is 0 Å². The Kier molecular flexibility index (Phi) is 6.13. The van der Waals surface area contributed by atoms with E-state index in [-0.39, 0.29) is 29.9 Å². The molecule has 1 fully saturated rings. The molecule has 0 radical (unpaired) electrons. The number of aryl methyl sites for hydroxylation is 1. The molecular formula is C15H23N5O3S. The average molecular weight is 353 g/mol. The third-order valence-corrected chi connectivity index (χ3v) is 5.39. The lowest BCUT2D eigenvalue weighted by Crippen LogP contribution is -2.44. The third-order valence-electron chi connectivity index (χ3n) is 3.62. The second-order valence-corrected chi connectivity index (χ2v) is 7.99. The summed E-state index contributed by atoms with van der Waals surface area (Å²) in [5.74, 6) is 1.18. The first kappa shape index (κ1) is 18.2. The van der Waals surface area contributed by atoms with Gasteiger partial charge < -0.3 is 16.0 Å². The van der Waals surface area contributed by atoms with Crippen LogP contribution in [0.15, 0.2) is 23.3 Å². The second-order valence-electron chi connectivity index (χ2n) is 5.76. The maximum absolute atomic E-state index is 11.9. The molecule has 0 bridgehead atoms. The number of aliphatic imine (C=N–C) groups is 1. The molecule has 1 amide bonds. The number of pyridine rings is 1. The van der Waals surface area contributed by atoms with E-state index in [1.54, 1.807) is 19.3 Å². The molecule has 1 saturated heterocycles. The molecule has 1 aromatic rings. The summed E-state index contributed by atoms with van der Waals surface area (Å²) in [7, 11) is -1.33. The van der Waals surface area contributed by atoms with Gasteiger partial charge in [0.15, 0.2) is 15.8 Å². The molecule has 1 aliphatic heterocycles. The average Bonchev–Trinajstić information content (AvgIpc) is 2.87. The maximum Gasteiger partial charge on any atom is 0.227 e. The number of nitrogens with zero attached hydrogens (tertiary/aromatic N) is 2. The normalized spacial score (nSPS) is 19.8. The second kappa shape index (κ2) is 8.09. The highest BCUT2D eigenvalue weighted by molar-refractivity contribution is 7.91. The van der Waals surface area contributed by atoms with Crippen LogP contribution < -0.4 is 16.0 Å². The summed E-state index contributed by atoms with van der Waals surface area (Å²) in [6.45, 7) is 2.31. The van der Waals surface area contributed by atoms with Crippen LogP contribution in [0.1, 0.15) is 18.4 Å². The number of hydrogen-bond donors (Lipinski definition) is 3. The molecule has 1 aromatic heterocycles. The van der Waals surface area contributed by atoms with Crippen molar-refractivity contribution in [1.29, 1.82) is 0 Å². The van der Waals surface area contributed by atoms with Gasteiger partial charge in [0.1, 0.15) is 5.82 Å². The Bertz CT molecular complexity index is 700. The van der Waals surface area contributed by atoms with Crippen molar-refractivity contribution in [2.75, 3.05) is 30.4 Å². The fourth-order valence-electron chi connectivity index (χ4n) is 2.34. The number of sulfone groups is 1. The van der Waals surface area contributed by atoms with E-state index in [2.05, 4.69) is 25.9 Å². The van der Waals surface area contributed by atoms with Gasteiger partial charge in [-0.3, -0.25) is 9.79 Å². The van der Waals surface area contributed by atoms with Crippen LogP contribution in [0, 0.1) is 6.92 Å². The third kappa shape index (κ3) is 5.80. The van der Waals surface area contributed by atoms with E-state index in [1.807, 2.05) is 13.0 Å². The first-order valence-electron chi connectivity index (χ1n) is 7.78. The van der Waals surface area contributed by atoms with Crippen LogP contribution in [0.2, 0.25) is 0 Å². The molecule has 3 N–H and O–H groups in total. The van der Waals surface area contributed by atoms with Crippen molar-refractivity contribution in [1.82, 2.24) is 15.6 Å². The highest BCUT2D eigenvalue weighted by Crippen LogP contribution is 2.10. The van der Waals surface area contributed by atoms with Crippen molar-refractivity contribution in [2.45, 2.75) is 25.8 Å². The molecule has 0 aromatic carbocycles. The lowest BCUT2D eigenvalue weighted by atomic mass is 10.3. The van der Waals surface area contributed by atoms with Crippen LogP contribution in [0.5, 0.6) is 0 Å². The molecule has 0 aliphatic carbocycles. The van der Waals surface area contributed by atoms with E-state index in [0.29, 0.717) is 24.7 Å². The standard InChI is InChI=1S/C15H23N5O3S/c1-11-3-4-13(18-9-11)20-14(21)5-7-17-15(16-2)19-12-6-8-24(22,23)10-12/h3-4,9,12H,5-8,10H2,1-2H3,(H2,16,17,19)(H,18,20,21). The van der Waals surface area contributed by atoms with E-state index in [9.17, 15) is 13.2 Å². The van der Waals surface area contributed by atoms with Gasteiger partial charge in [0.25, 0.3) is 0 Å². The number of nitrogens with one attached hydrogen (secondary N) is 3. The molecule has 0 saturated carbocycles. The van der Waals surface area contributed by atoms with Crippen molar-refractivity contribution in [3.63, 3.8) is 0 Å². The Balaban J connectivity index is 1.71.